The molecule has 3 N–H and O–H groups in total. The van der Waals surface area contributed by atoms with Crippen LogP contribution in [0.3, 0.4) is 0 Å². The van der Waals surface area contributed by atoms with Crippen LogP contribution in [0.2, 0.25) is 0 Å². The number of amides is 5. The molecule has 0 unspecified atom stereocenters. The lowest BCUT2D eigenvalue weighted by Gasteiger charge is -2.23. The first-order valence-corrected chi connectivity index (χ1v) is 44.0. The van der Waals surface area contributed by atoms with Gasteiger partial charge in [-0.2, -0.15) is 0 Å². The third kappa shape index (κ3) is 70.8. The molecule has 0 aromatic heterocycles. The molecule has 1 atom stereocenters. The minimum absolute atomic E-state index is 0.0138. The number of esters is 4. The van der Waals surface area contributed by atoms with E-state index in [0.717, 1.165) is 96.3 Å². The molecule has 0 aromatic rings. The quantitative estimate of drug-likeness (QED) is 0.0291. The molecule has 0 heterocycles. The van der Waals surface area contributed by atoms with Crippen LogP contribution in [0.25, 0.3) is 0 Å². The van der Waals surface area contributed by atoms with E-state index in [2.05, 4.69) is 43.6 Å². The number of nitrogens with zero attached hydrogens (tertiary/aromatic N) is 2. The summed E-state index contributed by atoms with van der Waals surface area (Å²) in [5, 5.41) is 8.63. The van der Waals surface area contributed by atoms with Gasteiger partial charge in [0, 0.05) is 77.7 Å². The van der Waals surface area contributed by atoms with Crippen molar-refractivity contribution in [2.75, 3.05) is 92.1 Å². The number of rotatable bonds is 82. The average Bonchev–Trinajstić information content (AvgIpc) is 0.918. The van der Waals surface area contributed by atoms with Crippen molar-refractivity contribution in [1.29, 1.82) is 0 Å². The lowest BCUT2D eigenvalue weighted by molar-refractivity contribution is -0.148. The van der Waals surface area contributed by atoms with Gasteiger partial charge in [-0.3, -0.25) is 43.2 Å². The fraction of sp³-hybridized carbons (Fsp3) is 0.895. The van der Waals surface area contributed by atoms with Gasteiger partial charge in [-0.05, 0) is 57.8 Å². The van der Waals surface area contributed by atoms with Crippen molar-refractivity contribution in [3.8, 4) is 0 Å². The van der Waals surface area contributed by atoms with Gasteiger partial charge in [0.15, 0.2) is 0 Å². The van der Waals surface area contributed by atoms with Crippen LogP contribution < -0.4 is 16.0 Å². The van der Waals surface area contributed by atoms with Gasteiger partial charge in [0.25, 0.3) is 0 Å². The first-order valence-electron chi connectivity index (χ1n) is 44.0. The Morgan fingerprint density at radius 2 is 0.538 bits per heavy atom. The Morgan fingerprint density at radius 1 is 0.255 bits per heavy atom. The fourth-order valence-corrected chi connectivity index (χ4v) is 12.9. The highest BCUT2D eigenvalue weighted by Gasteiger charge is 2.24. The van der Waals surface area contributed by atoms with Gasteiger partial charge < -0.3 is 54.2 Å². The third-order valence-electron chi connectivity index (χ3n) is 19.7. The van der Waals surface area contributed by atoms with Crippen LogP contribution in [0.15, 0.2) is 0 Å². The lowest BCUT2D eigenvalue weighted by Crippen LogP contribution is -2.47. The summed E-state index contributed by atoms with van der Waals surface area (Å²) in [5.74, 6) is -3.27. The first kappa shape index (κ1) is 101. The highest BCUT2D eigenvalue weighted by molar-refractivity contribution is 5.89. The number of carbonyl (C=O) groups excluding carboxylic acids is 9. The van der Waals surface area contributed by atoms with Crippen molar-refractivity contribution in [2.45, 2.75) is 407 Å². The van der Waals surface area contributed by atoms with E-state index in [-0.39, 0.29) is 133 Å². The summed E-state index contributed by atoms with van der Waals surface area (Å²) in [7, 11) is 0. The molecule has 0 fully saturated rings. The molecule has 0 saturated heterocycles. The monoisotopic (exact) mass is 1500 g/mol. The summed E-state index contributed by atoms with van der Waals surface area (Å²) >= 11 is 0. The zero-order chi connectivity index (χ0) is 77.5. The molecule has 0 aliphatic carbocycles. The Hall–Kier alpha value is -4.85. The van der Waals surface area contributed by atoms with E-state index in [1.54, 1.807) is 0 Å². The van der Waals surface area contributed by atoms with Crippen molar-refractivity contribution in [3.63, 3.8) is 0 Å². The minimum atomic E-state index is -0.950. The van der Waals surface area contributed by atoms with Crippen LogP contribution in [0.5, 0.6) is 0 Å². The molecule has 5 amide bonds. The summed E-state index contributed by atoms with van der Waals surface area (Å²) in [6, 6.07) is -0.950. The van der Waals surface area contributed by atoms with Crippen molar-refractivity contribution < 1.29 is 71.6 Å². The SMILES string of the molecule is CCCCCCCCCCCCCC(=O)OCCN(CCOC(=O)CCCCCCCCCCCCC)C(=O)CCC(=O)NCCCC[C@H](NC(=O)CCC(=O)N(CCOC(=O)CCCCCCCCCCCCC)CCOC(=O)CCCCCCCCCCCCC)C(=O)NCCCOCCOCCC. The molecule has 0 radical (unpaired) electrons. The second-order valence-electron chi connectivity index (χ2n) is 29.6. The molecule has 0 aliphatic heterocycles. The van der Waals surface area contributed by atoms with E-state index < -0.39 is 17.9 Å². The first-order chi connectivity index (χ1) is 51.8. The van der Waals surface area contributed by atoms with Crippen LogP contribution in [0, 0.1) is 0 Å². The fourth-order valence-electron chi connectivity index (χ4n) is 12.9. The minimum Gasteiger partial charge on any atom is -0.464 e. The zero-order valence-electron chi connectivity index (χ0n) is 68.8. The summed E-state index contributed by atoms with van der Waals surface area (Å²) in [6.45, 7) is 13.7. The second kappa shape index (κ2) is 79.7. The summed E-state index contributed by atoms with van der Waals surface area (Å²) in [6.07, 6.45) is 54.6. The molecule has 0 aliphatic rings. The Balaban J connectivity index is 5.69. The van der Waals surface area contributed by atoms with Gasteiger partial charge in [-0.15, -0.1) is 0 Å². The van der Waals surface area contributed by atoms with Gasteiger partial charge in [0.1, 0.15) is 32.5 Å². The Labute approximate surface area is 646 Å². The molecular weight excluding hydrogens is 1340 g/mol. The number of carbonyl (C=O) groups is 9. The van der Waals surface area contributed by atoms with Crippen LogP contribution in [0.1, 0.15) is 401 Å². The maximum atomic E-state index is 13.9. The van der Waals surface area contributed by atoms with E-state index in [1.807, 2.05) is 6.92 Å². The largest absolute Gasteiger partial charge is 0.464 e. The number of ether oxygens (including phenoxy) is 6. The smallest absolute Gasteiger partial charge is 0.305 e. The molecule has 20 heteroatoms. The van der Waals surface area contributed by atoms with Gasteiger partial charge in [-0.25, -0.2) is 0 Å². The number of hydrogen-bond acceptors (Lipinski definition) is 15. The Morgan fingerprint density at radius 3 is 0.849 bits per heavy atom. The van der Waals surface area contributed by atoms with Gasteiger partial charge >= 0.3 is 23.9 Å². The van der Waals surface area contributed by atoms with Crippen LogP contribution >= 0.6 is 0 Å². The highest BCUT2D eigenvalue weighted by atomic mass is 16.5. The average molecular weight is 1510 g/mol. The van der Waals surface area contributed by atoms with Gasteiger partial charge in [0.05, 0.1) is 39.4 Å². The number of nitrogens with one attached hydrogen (secondary N) is 3. The molecule has 620 valence electrons. The van der Waals surface area contributed by atoms with Crippen molar-refractivity contribution in [3.05, 3.63) is 0 Å². The molecule has 0 bridgehead atoms. The van der Waals surface area contributed by atoms with Gasteiger partial charge in [-0.1, -0.05) is 291 Å². The maximum absolute atomic E-state index is 13.9. The van der Waals surface area contributed by atoms with Crippen LogP contribution in [0.4, 0.5) is 0 Å². The van der Waals surface area contributed by atoms with E-state index in [9.17, 15) is 43.2 Å². The Bertz CT molecular complexity index is 2010. The Kier molecular flexibility index (Phi) is 76.0. The van der Waals surface area contributed by atoms with E-state index in [4.69, 9.17) is 28.4 Å². The summed E-state index contributed by atoms with van der Waals surface area (Å²) < 4.78 is 33.5. The summed E-state index contributed by atoms with van der Waals surface area (Å²) in [4.78, 5) is 122. The molecule has 106 heavy (non-hydrogen) atoms. The third-order valence-corrected chi connectivity index (χ3v) is 19.7. The van der Waals surface area contributed by atoms with Crippen molar-refractivity contribution in [2.24, 2.45) is 0 Å². The van der Waals surface area contributed by atoms with Crippen LogP contribution in [-0.2, 0) is 71.6 Å². The van der Waals surface area contributed by atoms with Crippen molar-refractivity contribution >= 4 is 53.4 Å². The topological polar surface area (TPSA) is 252 Å². The molecule has 0 spiro atoms. The van der Waals surface area contributed by atoms with E-state index >= 15 is 0 Å². The molecular formula is C86H161N5O15. The molecule has 0 rings (SSSR count). The summed E-state index contributed by atoms with van der Waals surface area (Å²) in [5.41, 5.74) is 0. The standard InChI is InChI=1S/C86H161N5O15/c1-6-11-15-19-23-27-31-35-39-43-47-55-82(96)103-71-65-90(66-72-104-83(97)56-48-44-40-36-32-28-24-20-16-12-7-2)80(94)61-59-78(92)87-63-52-51-54-77(86(100)88-64-53-70-102-76-75-101-69-10-5)89-79(93)60-62-81(95)91(67-73-105-84(98)57-49-45-41-37-33-29-25-21-17-13-8-3)68-74-106-85(99)58-50-46-42-38-34-30-26-22-18-14-9-4/h77H,6-76H2,1-5H3,(H,87,92)(H,88,100)(H,89,93)/t77-/m0/s1. The van der Waals surface area contributed by atoms with E-state index in [0.29, 0.717) is 77.9 Å². The highest BCUT2D eigenvalue weighted by Crippen LogP contribution is 2.18. The normalized spacial score (nSPS) is 11.5. The maximum Gasteiger partial charge on any atom is 0.305 e. The number of unbranched alkanes of at least 4 members (excludes halogenated alkanes) is 41. The second-order valence-corrected chi connectivity index (χ2v) is 29.6. The molecule has 0 aromatic carbocycles. The molecule has 20 nitrogen and oxygen atoms in total. The van der Waals surface area contributed by atoms with E-state index in [1.165, 1.54) is 202 Å². The molecule has 0 saturated carbocycles. The van der Waals surface area contributed by atoms with Crippen LogP contribution in [-0.4, -0.2) is 161 Å². The van der Waals surface area contributed by atoms with Gasteiger partial charge in [0.2, 0.25) is 29.5 Å². The zero-order valence-corrected chi connectivity index (χ0v) is 68.8. The number of hydrogen-bond donors (Lipinski definition) is 3. The predicted octanol–water partition coefficient (Wildman–Crippen LogP) is 18.9. The van der Waals surface area contributed by atoms with Crippen molar-refractivity contribution in [1.82, 2.24) is 25.8 Å². The lowest BCUT2D eigenvalue weighted by atomic mass is 10.1. The predicted molar refractivity (Wildman–Crippen MR) is 428 cm³/mol.